The Morgan fingerprint density at radius 2 is 0.721 bits per heavy atom. The van der Waals surface area contributed by atoms with Gasteiger partial charge in [0.25, 0.3) is 0 Å². The Kier molecular flexibility index (Phi) is 8.99. The van der Waals surface area contributed by atoms with E-state index in [1.54, 1.807) is 0 Å². The van der Waals surface area contributed by atoms with Crippen molar-refractivity contribution in [1.29, 1.82) is 0 Å². The number of rotatable bonds is 15. The Balaban J connectivity index is 1.19. The molecule has 3 aromatic carbocycles. The van der Waals surface area contributed by atoms with Gasteiger partial charge < -0.3 is 28.4 Å². The summed E-state index contributed by atoms with van der Waals surface area (Å²) in [5.41, 5.74) is 4.08. The Hall–Kier alpha value is -3.06. The zero-order valence-electron chi connectivity index (χ0n) is 25.9. The number of hydrogen-bond donors (Lipinski definition) is 0. The van der Waals surface area contributed by atoms with E-state index in [1.165, 1.54) is 16.7 Å². The summed E-state index contributed by atoms with van der Waals surface area (Å²) in [6.07, 6.45) is 3.19. The first-order valence-corrected chi connectivity index (χ1v) is 15.9. The van der Waals surface area contributed by atoms with Crippen molar-refractivity contribution in [3.8, 4) is 17.2 Å². The van der Waals surface area contributed by atoms with Crippen LogP contribution in [0.4, 0.5) is 0 Å². The van der Waals surface area contributed by atoms with Crippen molar-refractivity contribution in [2.24, 2.45) is 16.2 Å². The number of ether oxygens (including phenoxy) is 6. The fraction of sp³-hybridized carbons (Fsp3) is 0.514. The molecule has 0 N–H and O–H groups in total. The van der Waals surface area contributed by atoms with Crippen LogP contribution in [0.5, 0.6) is 17.2 Å². The molecule has 0 atom stereocenters. The van der Waals surface area contributed by atoms with Crippen LogP contribution in [-0.4, -0.2) is 59.5 Å². The van der Waals surface area contributed by atoms with Crippen molar-refractivity contribution in [3.05, 3.63) is 89.5 Å². The summed E-state index contributed by atoms with van der Waals surface area (Å²) in [5.74, 6) is 2.74. The van der Waals surface area contributed by atoms with Gasteiger partial charge in [0.15, 0.2) is 0 Å². The quantitative estimate of drug-likeness (QED) is 0.175. The fourth-order valence-electron chi connectivity index (χ4n) is 5.90. The van der Waals surface area contributed by atoms with E-state index in [0.717, 1.165) is 76.2 Å². The van der Waals surface area contributed by atoms with E-state index in [4.69, 9.17) is 28.4 Å². The van der Waals surface area contributed by atoms with Gasteiger partial charge in [-0.25, -0.2) is 0 Å². The van der Waals surface area contributed by atoms with E-state index in [-0.39, 0.29) is 22.2 Å². The molecule has 6 rings (SSSR count). The van der Waals surface area contributed by atoms with Gasteiger partial charge in [0, 0.05) is 5.92 Å². The largest absolute Gasteiger partial charge is 0.493 e. The minimum atomic E-state index is 0.0585. The Labute approximate surface area is 256 Å². The molecule has 0 amide bonds. The minimum Gasteiger partial charge on any atom is -0.493 e. The van der Waals surface area contributed by atoms with E-state index in [2.05, 4.69) is 93.6 Å². The Morgan fingerprint density at radius 3 is 0.907 bits per heavy atom. The van der Waals surface area contributed by atoms with Crippen LogP contribution in [0.3, 0.4) is 0 Å². The molecule has 43 heavy (non-hydrogen) atoms. The first-order chi connectivity index (χ1) is 21.0. The molecule has 0 unspecified atom stereocenters. The lowest BCUT2D eigenvalue weighted by Crippen LogP contribution is -2.46. The number of benzene rings is 3. The highest BCUT2D eigenvalue weighted by Gasteiger charge is 2.39. The summed E-state index contributed by atoms with van der Waals surface area (Å²) < 4.78 is 35.0. The first-order valence-electron chi connectivity index (χ1n) is 15.9. The van der Waals surface area contributed by atoms with Gasteiger partial charge in [0.1, 0.15) is 17.2 Å². The molecule has 230 valence electrons. The van der Waals surface area contributed by atoms with Crippen molar-refractivity contribution in [2.75, 3.05) is 59.5 Å². The van der Waals surface area contributed by atoms with Crippen LogP contribution < -0.4 is 14.2 Å². The maximum atomic E-state index is 6.21. The van der Waals surface area contributed by atoms with E-state index < -0.39 is 0 Å². The molecule has 0 saturated carbocycles. The van der Waals surface area contributed by atoms with Gasteiger partial charge in [-0.15, -0.1) is 0 Å². The molecule has 3 fully saturated rings. The molecule has 0 radical (unpaired) electrons. The Morgan fingerprint density at radius 1 is 0.465 bits per heavy atom. The fourth-order valence-corrected chi connectivity index (χ4v) is 5.90. The van der Waals surface area contributed by atoms with Crippen molar-refractivity contribution < 1.29 is 28.4 Å². The summed E-state index contributed by atoms with van der Waals surface area (Å²) in [4.78, 5) is 0. The van der Waals surface area contributed by atoms with Crippen LogP contribution in [-0.2, 0) is 14.2 Å². The number of hydrogen-bond acceptors (Lipinski definition) is 6. The van der Waals surface area contributed by atoms with Gasteiger partial charge in [-0.05, 0) is 72.4 Å². The molecule has 3 heterocycles. The van der Waals surface area contributed by atoms with Gasteiger partial charge >= 0.3 is 0 Å². The van der Waals surface area contributed by atoms with Crippen LogP contribution in [0, 0.1) is 16.2 Å². The molecular formula is C37H46O6. The summed E-state index contributed by atoms with van der Waals surface area (Å²) in [6.45, 7) is 13.4. The van der Waals surface area contributed by atoms with Crippen molar-refractivity contribution in [1.82, 2.24) is 0 Å². The average Bonchev–Trinajstić information content (AvgIpc) is 2.98. The third-order valence-electron chi connectivity index (χ3n) is 9.97. The normalized spacial score (nSPS) is 19.5. The third kappa shape index (κ3) is 6.57. The highest BCUT2D eigenvalue weighted by Crippen LogP contribution is 2.38. The molecule has 6 heteroatoms. The second-order valence-corrected chi connectivity index (χ2v) is 13.0. The third-order valence-corrected chi connectivity index (χ3v) is 9.97. The predicted octanol–water partition coefficient (Wildman–Crippen LogP) is 7.28. The highest BCUT2D eigenvalue weighted by molar-refractivity contribution is 5.47. The van der Waals surface area contributed by atoms with Gasteiger partial charge in [0.05, 0.1) is 75.7 Å². The SMILES string of the molecule is CCC1(COc2ccc(C(c3ccc(OCC4(CC)COC4)cc3)c3ccc(OCC4(CC)COC4)cc3)cc2)COC1. The van der Waals surface area contributed by atoms with Crippen molar-refractivity contribution in [2.45, 2.75) is 46.0 Å². The zero-order chi connectivity index (χ0) is 29.8. The van der Waals surface area contributed by atoms with Crippen molar-refractivity contribution >= 4 is 0 Å². The van der Waals surface area contributed by atoms with Crippen molar-refractivity contribution in [3.63, 3.8) is 0 Å². The highest BCUT2D eigenvalue weighted by atomic mass is 16.5. The van der Waals surface area contributed by atoms with Gasteiger partial charge in [0.2, 0.25) is 0 Å². The molecule has 0 aromatic heterocycles. The monoisotopic (exact) mass is 586 g/mol. The maximum absolute atomic E-state index is 6.21. The molecule has 3 aliphatic rings. The van der Waals surface area contributed by atoms with Gasteiger partial charge in [-0.1, -0.05) is 57.2 Å². The second-order valence-electron chi connectivity index (χ2n) is 13.0. The first kappa shape index (κ1) is 30.0. The maximum Gasteiger partial charge on any atom is 0.119 e. The molecular weight excluding hydrogens is 540 g/mol. The molecule has 3 aromatic rings. The summed E-state index contributed by atoms with van der Waals surface area (Å²) in [7, 11) is 0. The van der Waals surface area contributed by atoms with E-state index in [1.807, 2.05) is 0 Å². The van der Waals surface area contributed by atoms with Crippen LogP contribution >= 0.6 is 0 Å². The lowest BCUT2D eigenvalue weighted by molar-refractivity contribution is -0.133. The average molecular weight is 587 g/mol. The molecule has 3 saturated heterocycles. The van der Waals surface area contributed by atoms with E-state index >= 15 is 0 Å². The summed E-state index contributed by atoms with van der Waals surface area (Å²) in [6, 6.07) is 25.7. The van der Waals surface area contributed by atoms with Crippen LogP contribution in [0.25, 0.3) is 0 Å². The second kappa shape index (κ2) is 12.9. The molecule has 3 aliphatic heterocycles. The topological polar surface area (TPSA) is 55.4 Å². The summed E-state index contributed by atoms with van der Waals surface area (Å²) >= 11 is 0. The predicted molar refractivity (Wildman–Crippen MR) is 167 cm³/mol. The molecule has 0 bridgehead atoms. The smallest absolute Gasteiger partial charge is 0.119 e. The molecule has 0 spiro atoms. The summed E-state index contributed by atoms with van der Waals surface area (Å²) in [5, 5.41) is 0. The van der Waals surface area contributed by atoms with Crippen LogP contribution in [0.1, 0.15) is 62.6 Å². The lowest BCUT2D eigenvalue weighted by atomic mass is 9.84. The zero-order valence-corrected chi connectivity index (χ0v) is 25.9. The molecule has 6 nitrogen and oxygen atoms in total. The standard InChI is InChI=1S/C37H46O6/c1-4-35(19-38-20-35)25-41-31-13-7-28(8-14-31)34(29-9-15-32(16-10-29)42-26-36(5-2)21-39-22-36)30-11-17-33(18-12-30)43-27-37(6-3)23-40-24-37/h7-18,34H,4-6,19-27H2,1-3H3. The lowest BCUT2D eigenvalue weighted by Gasteiger charge is -2.40. The van der Waals surface area contributed by atoms with E-state index in [0.29, 0.717) is 19.8 Å². The Bertz CT molecular complexity index is 1120. The van der Waals surface area contributed by atoms with Gasteiger partial charge in [-0.2, -0.15) is 0 Å². The minimum absolute atomic E-state index is 0.0585. The van der Waals surface area contributed by atoms with E-state index in [9.17, 15) is 0 Å². The van der Waals surface area contributed by atoms with Gasteiger partial charge in [-0.3, -0.25) is 0 Å². The van der Waals surface area contributed by atoms with Crippen LogP contribution in [0.15, 0.2) is 72.8 Å². The van der Waals surface area contributed by atoms with Crippen LogP contribution in [0.2, 0.25) is 0 Å². The molecule has 0 aliphatic carbocycles.